The molecule has 0 bridgehead atoms. The molecular formula is C23H28FN5O. The van der Waals surface area contributed by atoms with E-state index in [1.54, 1.807) is 0 Å². The summed E-state index contributed by atoms with van der Waals surface area (Å²) in [4.78, 5) is 3.83. The lowest BCUT2D eigenvalue weighted by molar-refractivity contribution is 0.225. The van der Waals surface area contributed by atoms with E-state index in [4.69, 9.17) is 31.0 Å². The highest BCUT2D eigenvalue weighted by atomic mass is 19.1. The fourth-order valence-corrected chi connectivity index (χ4v) is 2.95. The number of anilines is 1. The monoisotopic (exact) mass is 424 g/mol. The normalized spacial score (nSPS) is 28.9. The number of aryl methyl sites for hydroxylation is 1. The van der Waals surface area contributed by atoms with Crippen molar-refractivity contribution >= 4 is 5.82 Å². The number of rotatable bonds is 5. The molecule has 30 heavy (non-hydrogen) atoms. The SMILES string of the molecule is [2H]c1nc(N)c(O[C@]([2H])(c2c(C([2H])([2H])[2H])ccc(F)c2C([2H])([2H])[2H])C([2H])([2H])[2H])cc1-c1cnn(C2CC([2H])([2H])NC([2H])([2H])C2)c1. The van der Waals surface area contributed by atoms with Crippen molar-refractivity contribution in [3.8, 4) is 16.9 Å². The summed E-state index contributed by atoms with van der Waals surface area (Å²) in [6.45, 7) is -14.4. The van der Waals surface area contributed by atoms with Gasteiger partial charge in [0.2, 0.25) is 0 Å². The molecule has 6 nitrogen and oxygen atoms in total. The number of piperidine rings is 1. The van der Waals surface area contributed by atoms with Gasteiger partial charge in [0.05, 0.1) is 15.0 Å². The lowest BCUT2D eigenvalue weighted by atomic mass is 9.98. The maximum absolute atomic E-state index is 15.1. The van der Waals surface area contributed by atoms with Gasteiger partial charge < -0.3 is 15.8 Å². The summed E-state index contributed by atoms with van der Waals surface area (Å²) in [6.07, 6.45) is -1.75. The van der Waals surface area contributed by atoms with Crippen molar-refractivity contribution in [2.45, 2.75) is 45.5 Å². The standard InChI is InChI=1S/C23H28FN5O/c1-14-4-5-20(24)15(2)22(14)16(3)30-21-10-17(11-27-23(21)25)18-12-28-29(13-18)19-6-8-26-9-7-19/h4-5,10-13,16,19,26H,6-9H2,1-3H3,(H2,25,27)/t16-/m0/s1/i1D3,2D3,3D3,8D2,9D2,11D,16D. The molecular weight excluding hydrogens is 381 g/mol. The van der Waals surface area contributed by atoms with Gasteiger partial charge in [-0.1, -0.05) is 6.07 Å². The second kappa shape index (κ2) is 8.44. The van der Waals surface area contributed by atoms with Gasteiger partial charge in [0.15, 0.2) is 11.6 Å². The molecule has 1 fully saturated rings. The van der Waals surface area contributed by atoms with Crippen molar-refractivity contribution in [1.29, 1.82) is 0 Å². The smallest absolute Gasteiger partial charge is 0.166 e. The fraction of sp³-hybridized carbons (Fsp3) is 0.391. The van der Waals surface area contributed by atoms with Gasteiger partial charge in [-0.3, -0.25) is 4.68 Å². The Morgan fingerprint density at radius 2 is 2.27 bits per heavy atom. The quantitative estimate of drug-likeness (QED) is 0.637. The highest BCUT2D eigenvalue weighted by Crippen LogP contribution is 2.33. The van der Waals surface area contributed by atoms with E-state index < -0.39 is 85.9 Å². The second-order valence-electron chi connectivity index (χ2n) is 6.56. The van der Waals surface area contributed by atoms with Crippen LogP contribution in [0.1, 0.15) is 69.1 Å². The molecule has 1 aliphatic heterocycles. The number of pyridine rings is 1. The zero-order valence-corrected chi connectivity index (χ0v) is 15.6. The third kappa shape index (κ3) is 4.03. The first-order valence-corrected chi connectivity index (χ1v) is 8.90. The molecule has 0 aliphatic carbocycles. The van der Waals surface area contributed by atoms with Crippen molar-refractivity contribution in [3.05, 3.63) is 59.3 Å². The van der Waals surface area contributed by atoms with E-state index in [1.807, 2.05) is 0 Å². The number of halogens is 1. The minimum Gasteiger partial charge on any atom is -0.482 e. The van der Waals surface area contributed by atoms with Crippen LogP contribution in [0.3, 0.4) is 0 Å². The van der Waals surface area contributed by atoms with Crippen LogP contribution >= 0.6 is 0 Å². The first-order valence-electron chi connectivity index (χ1n) is 16.4. The van der Waals surface area contributed by atoms with Crippen LogP contribution < -0.4 is 15.8 Å². The molecule has 4 rings (SSSR count). The van der Waals surface area contributed by atoms with Gasteiger partial charge in [-0.2, -0.15) is 5.10 Å². The summed E-state index contributed by atoms with van der Waals surface area (Å²) in [5, 5.41) is 6.44. The molecule has 0 saturated carbocycles. The lowest BCUT2D eigenvalue weighted by Gasteiger charge is -2.22. The second-order valence-corrected chi connectivity index (χ2v) is 6.56. The maximum atomic E-state index is 15.1. The topological polar surface area (TPSA) is 78.0 Å². The Morgan fingerprint density at radius 3 is 3.03 bits per heavy atom. The number of nitrogen functional groups attached to an aromatic ring is 1. The predicted octanol–water partition coefficient (Wildman–Crippen LogP) is 4.35. The minimum absolute atomic E-state index is 0.0929. The van der Waals surface area contributed by atoms with Gasteiger partial charge in [0.25, 0.3) is 0 Å². The molecule has 3 heterocycles. The predicted molar refractivity (Wildman–Crippen MR) is 116 cm³/mol. The molecule has 0 unspecified atom stereocenters. The third-order valence-electron chi connectivity index (χ3n) is 4.56. The number of hydrogen-bond donors (Lipinski definition) is 2. The summed E-state index contributed by atoms with van der Waals surface area (Å²) in [5.41, 5.74) is 2.43. The van der Waals surface area contributed by atoms with E-state index >= 15 is 4.39 Å². The average molecular weight is 425 g/mol. The highest BCUT2D eigenvalue weighted by molar-refractivity contribution is 5.66. The summed E-state index contributed by atoms with van der Waals surface area (Å²) >= 11 is 0. The highest BCUT2D eigenvalue weighted by Gasteiger charge is 2.19. The lowest BCUT2D eigenvalue weighted by Crippen LogP contribution is -2.29. The Morgan fingerprint density at radius 1 is 1.40 bits per heavy atom. The fourth-order valence-electron chi connectivity index (χ4n) is 2.95. The van der Waals surface area contributed by atoms with Gasteiger partial charge in [-0.05, 0) is 69.7 Å². The molecule has 1 atom stereocenters. The number of ether oxygens (including phenoxy) is 1. The summed E-state index contributed by atoms with van der Waals surface area (Å²) in [7, 11) is 0. The number of benzene rings is 1. The third-order valence-corrected chi connectivity index (χ3v) is 4.56. The Labute approximate surface area is 197 Å². The largest absolute Gasteiger partial charge is 0.482 e. The van der Waals surface area contributed by atoms with Crippen molar-refractivity contribution < 1.29 is 29.7 Å². The Kier molecular flexibility index (Phi) is 2.55. The number of hydrogen-bond acceptors (Lipinski definition) is 5. The van der Waals surface area contributed by atoms with Gasteiger partial charge in [-0.15, -0.1) is 0 Å². The van der Waals surface area contributed by atoms with E-state index in [1.165, 1.54) is 17.1 Å². The van der Waals surface area contributed by atoms with E-state index in [0.717, 1.165) is 6.07 Å². The maximum Gasteiger partial charge on any atom is 0.166 e. The molecule has 1 saturated heterocycles. The Hall–Kier alpha value is -2.93. The van der Waals surface area contributed by atoms with Gasteiger partial charge >= 0.3 is 0 Å². The van der Waals surface area contributed by atoms with Crippen LogP contribution in [0.5, 0.6) is 5.75 Å². The molecule has 1 aliphatic rings. The van der Waals surface area contributed by atoms with Crippen LogP contribution in [0.2, 0.25) is 0 Å². The molecule has 3 aromatic rings. The Bertz CT molecular complexity index is 1590. The van der Waals surface area contributed by atoms with Crippen molar-refractivity contribution in [2.75, 3.05) is 18.7 Å². The van der Waals surface area contributed by atoms with E-state index in [2.05, 4.69) is 15.4 Å². The minimum atomic E-state index is -3.65. The van der Waals surface area contributed by atoms with Crippen LogP contribution in [0.15, 0.2) is 36.8 Å². The zero-order valence-electron chi connectivity index (χ0n) is 30.6. The molecule has 158 valence electrons. The molecule has 1 aromatic carbocycles. The summed E-state index contributed by atoms with van der Waals surface area (Å²) < 4.78 is 143. The first-order chi connectivity index (χ1) is 20.3. The number of nitrogens with one attached hydrogen (secondary N) is 1. The number of aromatic nitrogens is 3. The van der Waals surface area contributed by atoms with Crippen molar-refractivity contribution in [1.82, 2.24) is 20.1 Å². The van der Waals surface area contributed by atoms with Gasteiger partial charge in [-0.25, -0.2) is 9.37 Å². The summed E-state index contributed by atoms with van der Waals surface area (Å²) in [6, 6.07) is 1.46. The molecule has 0 radical (unpaired) electrons. The molecule has 0 spiro atoms. The van der Waals surface area contributed by atoms with E-state index in [0.29, 0.717) is 12.1 Å². The molecule has 7 heteroatoms. The van der Waals surface area contributed by atoms with E-state index in [-0.39, 0.29) is 24.0 Å². The first kappa shape index (κ1) is 9.06. The van der Waals surface area contributed by atoms with Crippen LogP contribution in [-0.2, 0) is 0 Å². The van der Waals surface area contributed by atoms with Crippen molar-refractivity contribution in [3.63, 3.8) is 0 Å². The number of nitrogens with two attached hydrogens (primary N) is 1. The van der Waals surface area contributed by atoms with Gasteiger partial charge in [0.1, 0.15) is 11.9 Å². The van der Waals surface area contributed by atoms with Gasteiger partial charge in [0, 0.05) is 46.9 Å². The van der Waals surface area contributed by atoms with Crippen molar-refractivity contribution in [2.24, 2.45) is 0 Å². The Balaban J connectivity index is 1.87. The van der Waals surface area contributed by atoms with Crippen LogP contribution in [0, 0.1) is 19.5 Å². The van der Waals surface area contributed by atoms with Crippen LogP contribution in [0.4, 0.5) is 10.2 Å². The molecule has 2 aromatic heterocycles. The summed E-state index contributed by atoms with van der Waals surface area (Å²) in [5.74, 6) is -2.79. The van der Waals surface area contributed by atoms with E-state index in [9.17, 15) is 0 Å². The molecule has 3 N–H and O–H groups in total. The molecule has 0 amide bonds. The zero-order chi connectivity index (χ0) is 34.1. The number of nitrogens with zero attached hydrogens (tertiary/aromatic N) is 3. The van der Waals surface area contributed by atoms with Crippen LogP contribution in [-0.4, -0.2) is 27.8 Å². The average Bonchev–Trinajstić information content (AvgIpc) is 3.31. The van der Waals surface area contributed by atoms with Crippen LogP contribution in [0.25, 0.3) is 11.1 Å².